The van der Waals surface area contributed by atoms with Crippen molar-refractivity contribution in [3.05, 3.63) is 102 Å². The second-order valence-electron chi connectivity index (χ2n) is 7.81. The fourth-order valence-corrected chi connectivity index (χ4v) is 3.56. The zero-order valence-corrected chi connectivity index (χ0v) is 18.3. The number of phenolic OH excluding ortho intramolecular Hbond substituents is 1. The first-order chi connectivity index (χ1) is 15.7. The van der Waals surface area contributed by atoms with Crippen molar-refractivity contribution >= 4 is 23.1 Å². The fourth-order valence-electron chi connectivity index (χ4n) is 3.56. The lowest BCUT2D eigenvalue weighted by Crippen LogP contribution is -1.97. The van der Waals surface area contributed by atoms with Crippen molar-refractivity contribution in [1.82, 2.24) is 9.55 Å². The van der Waals surface area contributed by atoms with Crippen molar-refractivity contribution < 1.29 is 9.84 Å². The van der Waals surface area contributed by atoms with Gasteiger partial charge in [-0.25, -0.2) is 0 Å². The third-order valence-corrected chi connectivity index (χ3v) is 5.38. The van der Waals surface area contributed by atoms with E-state index in [2.05, 4.69) is 65.3 Å². The molecule has 0 fully saturated rings. The summed E-state index contributed by atoms with van der Waals surface area (Å²) in [6.07, 6.45) is 15.3. The summed E-state index contributed by atoms with van der Waals surface area (Å²) >= 11 is 0. The van der Waals surface area contributed by atoms with Gasteiger partial charge in [-0.2, -0.15) is 0 Å². The number of pyridine rings is 1. The van der Waals surface area contributed by atoms with E-state index in [1.165, 1.54) is 16.5 Å². The standard InChI is InChI=1S/C28H28N2O2/c1-30-18-16-23-13-12-22(19-27(23)30)9-5-3-2-4-6-10-24-14-15-26(20-28(24)31)32-21-25-11-7-8-17-29-25/h5-20,31H,2-4,21H2,1H3/b9-5+,10-6+. The van der Waals surface area contributed by atoms with Crippen LogP contribution < -0.4 is 4.74 Å². The van der Waals surface area contributed by atoms with Crippen molar-refractivity contribution in [3.8, 4) is 11.5 Å². The quantitative estimate of drug-likeness (QED) is 0.302. The van der Waals surface area contributed by atoms with Crippen LogP contribution in [-0.2, 0) is 13.7 Å². The average molecular weight is 425 g/mol. The summed E-state index contributed by atoms with van der Waals surface area (Å²) < 4.78 is 7.85. The molecule has 0 saturated heterocycles. The molecule has 4 heteroatoms. The lowest BCUT2D eigenvalue weighted by Gasteiger charge is -2.07. The Kier molecular flexibility index (Phi) is 7.03. The van der Waals surface area contributed by atoms with Crippen LogP contribution in [0.4, 0.5) is 0 Å². The van der Waals surface area contributed by atoms with Gasteiger partial charge < -0.3 is 14.4 Å². The van der Waals surface area contributed by atoms with E-state index in [-0.39, 0.29) is 5.75 Å². The van der Waals surface area contributed by atoms with Crippen molar-refractivity contribution in [2.45, 2.75) is 25.9 Å². The maximum atomic E-state index is 10.3. The molecule has 0 amide bonds. The van der Waals surface area contributed by atoms with Gasteiger partial charge >= 0.3 is 0 Å². The van der Waals surface area contributed by atoms with E-state index in [9.17, 15) is 5.11 Å². The number of ether oxygens (including phenoxy) is 1. The van der Waals surface area contributed by atoms with E-state index in [1.54, 1.807) is 12.3 Å². The van der Waals surface area contributed by atoms with Gasteiger partial charge in [-0.05, 0) is 66.6 Å². The second-order valence-corrected chi connectivity index (χ2v) is 7.81. The number of aryl methyl sites for hydroxylation is 1. The van der Waals surface area contributed by atoms with Gasteiger partial charge in [-0.1, -0.05) is 42.5 Å². The number of aromatic nitrogens is 2. The predicted octanol–water partition coefficient (Wildman–Crippen LogP) is 6.75. The number of phenols is 1. The van der Waals surface area contributed by atoms with E-state index in [0.29, 0.717) is 12.4 Å². The molecule has 0 spiro atoms. The third-order valence-electron chi connectivity index (χ3n) is 5.38. The molecule has 0 bridgehead atoms. The van der Waals surface area contributed by atoms with Crippen molar-refractivity contribution in [2.24, 2.45) is 7.05 Å². The number of nitrogens with zero attached hydrogens (tertiary/aromatic N) is 2. The maximum Gasteiger partial charge on any atom is 0.130 e. The molecule has 0 aliphatic rings. The molecule has 1 N–H and O–H groups in total. The molecule has 0 unspecified atom stereocenters. The van der Waals surface area contributed by atoms with Gasteiger partial charge in [0, 0.05) is 36.6 Å². The van der Waals surface area contributed by atoms with Gasteiger partial charge in [0.15, 0.2) is 0 Å². The molecule has 2 aromatic carbocycles. The Bertz CT molecular complexity index is 1220. The Labute approximate surface area is 189 Å². The highest BCUT2D eigenvalue weighted by Crippen LogP contribution is 2.25. The number of fused-ring (bicyclic) bond motifs is 1. The SMILES string of the molecule is Cn1ccc2ccc(/C=C/CCC/C=C/c3ccc(OCc4ccccn4)cc3O)cc21. The normalized spacial score (nSPS) is 11.7. The first kappa shape index (κ1) is 21.4. The van der Waals surface area contributed by atoms with Crippen LogP contribution in [0, 0.1) is 0 Å². The minimum atomic E-state index is 0.218. The van der Waals surface area contributed by atoms with E-state index in [1.807, 2.05) is 36.4 Å². The zero-order valence-electron chi connectivity index (χ0n) is 18.3. The molecular formula is C28H28N2O2. The highest BCUT2D eigenvalue weighted by Gasteiger charge is 2.02. The second kappa shape index (κ2) is 10.5. The smallest absolute Gasteiger partial charge is 0.130 e. The molecule has 4 aromatic rings. The van der Waals surface area contributed by atoms with E-state index in [0.717, 1.165) is 30.5 Å². The summed E-state index contributed by atoms with van der Waals surface area (Å²) in [5.41, 5.74) is 4.13. The van der Waals surface area contributed by atoms with E-state index in [4.69, 9.17) is 4.74 Å². The zero-order chi connectivity index (χ0) is 22.2. The van der Waals surface area contributed by atoms with Crippen LogP contribution in [0.5, 0.6) is 11.5 Å². The van der Waals surface area contributed by atoms with Crippen LogP contribution in [0.15, 0.2) is 85.2 Å². The first-order valence-corrected chi connectivity index (χ1v) is 10.9. The summed E-state index contributed by atoms with van der Waals surface area (Å²) in [5, 5.41) is 11.5. The summed E-state index contributed by atoms with van der Waals surface area (Å²) in [6, 6.07) is 19.8. The minimum absolute atomic E-state index is 0.218. The minimum Gasteiger partial charge on any atom is -0.507 e. The molecule has 0 atom stereocenters. The Morgan fingerprint density at radius 3 is 2.66 bits per heavy atom. The summed E-state index contributed by atoms with van der Waals surface area (Å²) in [7, 11) is 2.07. The summed E-state index contributed by atoms with van der Waals surface area (Å²) in [5.74, 6) is 0.847. The number of hydrogen-bond acceptors (Lipinski definition) is 3. The number of allylic oxidation sites excluding steroid dienone is 2. The number of aromatic hydroxyl groups is 1. The molecule has 32 heavy (non-hydrogen) atoms. The largest absolute Gasteiger partial charge is 0.507 e. The fraction of sp³-hybridized carbons (Fsp3) is 0.179. The average Bonchev–Trinajstić information content (AvgIpc) is 3.19. The molecule has 0 radical (unpaired) electrons. The van der Waals surface area contributed by atoms with Gasteiger partial charge in [0.05, 0.1) is 5.69 Å². The molecule has 2 heterocycles. The summed E-state index contributed by atoms with van der Waals surface area (Å²) in [4.78, 5) is 4.23. The van der Waals surface area contributed by atoms with E-state index < -0.39 is 0 Å². The molecule has 4 rings (SSSR count). The van der Waals surface area contributed by atoms with Crippen molar-refractivity contribution in [3.63, 3.8) is 0 Å². The summed E-state index contributed by atoms with van der Waals surface area (Å²) in [6.45, 7) is 0.377. The number of unbranched alkanes of at least 4 members (excludes halogenated alkanes) is 2. The van der Waals surface area contributed by atoms with E-state index >= 15 is 0 Å². The lowest BCUT2D eigenvalue weighted by atomic mass is 10.1. The van der Waals surface area contributed by atoms with Crippen LogP contribution in [-0.4, -0.2) is 14.7 Å². The number of hydrogen-bond donors (Lipinski definition) is 1. The van der Waals surface area contributed by atoms with Crippen LogP contribution in [0.3, 0.4) is 0 Å². The molecule has 162 valence electrons. The molecule has 0 aliphatic heterocycles. The monoisotopic (exact) mass is 424 g/mol. The number of benzene rings is 2. The topological polar surface area (TPSA) is 47.3 Å². The molecule has 4 nitrogen and oxygen atoms in total. The molecular weight excluding hydrogens is 396 g/mol. The van der Waals surface area contributed by atoms with Crippen LogP contribution in [0.2, 0.25) is 0 Å². The highest BCUT2D eigenvalue weighted by molar-refractivity contribution is 5.82. The van der Waals surface area contributed by atoms with Crippen LogP contribution >= 0.6 is 0 Å². The van der Waals surface area contributed by atoms with Crippen LogP contribution in [0.25, 0.3) is 23.1 Å². The molecule has 2 aromatic heterocycles. The number of rotatable bonds is 9. The first-order valence-electron chi connectivity index (χ1n) is 10.9. The maximum absolute atomic E-state index is 10.3. The lowest BCUT2D eigenvalue weighted by molar-refractivity contribution is 0.299. The van der Waals surface area contributed by atoms with Gasteiger partial charge in [0.1, 0.15) is 18.1 Å². The van der Waals surface area contributed by atoms with Crippen LogP contribution in [0.1, 0.15) is 36.1 Å². The predicted molar refractivity (Wildman–Crippen MR) is 132 cm³/mol. The Balaban J connectivity index is 1.22. The Morgan fingerprint density at radius 2 is 1.84 bits per heavy atom. The Hall–Kier alpha value is -3.79. The van der Waals surface area contributed by atoms with Gasteiger partial charge in [0.25, 0.3) is 0 Å². The Morgan fingerprint density at radius 1 is 0.969 bits per heavy atom. The van der Waals surface area contributed by atoms with Gasteiger partial charge in [0.2, 0.25) is 0 Å². The van der Waals surface area contributed by atoms with Gasteiger partial charge in [-0.15, -0.1) is 0 Å². The molecule has 0 aliphatic carbocycles. The van der Waals surface area contributed by atoms with Crippen molar-refractivity contribution in [2.75, 3.05) is 0 Å². The third kappa shape index (κ3) is 5.67. The van der Waals surface area contributed by atoms with Gasteiger partial charge in [-0.3, -0.25) is 4.98 Å². The molecule has 0 saturated carbocycles. The highest BCUT2D eigenvalue weighted by atomic mass is 16.5. The van der Waals surface area contributed by atoms with Crippen molar-refractivity contribution in [1.29, 1.82) is 0 Å².